The Morgan fingerprint density at radius 1 is 1.29 bits per heavy atom. The lowest BCUT2D eigenvalue weighted by Crippen LogP contribution is -2.38. The third-order valence-electron chi connectivity index (χ3n) is 3.81. The Bertz CT molecular complexity index is 811. The highest BCUT2D eigenvalue weighted by molar-refractivity contribution is 14.0. The number of guanidine groups is 1. The molecule has 1 N–H and O–H groups in total. The summed E-state index contributed by atoms with van der Waals surface area (Å²) in [5.41, 5.74) is 2.92. The molecule has 0 aliphatic rings. The van der Waals surface area contributed by atoms with Crippen molar-refractivity contribution in [3.05, 3.63) is 53.6 Å². The molecular weight excluding hydrogens is 419 g/mol. The van der Waals surface area contributed by atoms with Crippen molar-refractivity contribution in [2.45, 2.75) is 20.0 Å². The summed E-state index contributed by atoms with van der Waals surface area (Å²) in [6.07, 6.45) is 1.57. The fraction of sp³-hybridized carbons (Fsp3) is 0.294. The molecule has 0 bridgehead atoms. The number of hydrogen-bond acceptors (Lipinski definition) is 4. The number of nitrogens with one attached hydrogen (secondary N) is 1. The lowest BCUT2D eigenvalue weighted by molar-refractivity contribution is 0.390. The molecule has 6 nitrogen and oxygen atoms in total. The van der Waals surface area contributed by atoms with Crippen LogP contribution in [-0.2, 0) is 13.1 Å². The van der Waals surface area contributed by atoms with Gasteiger partial charge in [-0.3, -0.25) is 4.99 Å². The molecular formula is C17H21IN4O2. The van der Waals surface area contributed by atoms with Crippen LogP contribution < -0.4 is 5.32 Å². The fourth-order valence-corrected chi connectivity index (χ4v) is 2.57. The van der Waals surface area contributed by atoms with E-state index in [1.165, 1.54) is 0 Å². The van der Waals surface area contributed by atoms with Gasteiger partial charge in [-0.1, -0.05) is 23.4 Å². The number of aromatic nitrogens is 1. The van der Waals surface area contributed by atoms with Crippen LogP contribution in [0, 0.1) is 6.92 Å². The Morgan fingerprint density at radius 2 is 2.08 bits per heavy atom. The molecule has 0 atom stereocenters. The third kappa shape index (κ3) is 3.89. The van der Waals surface area contributed by atoms with Crippen LogP contribution in [0.25, 0.3) is 11.0 Å². The largest absolute Gasteiger partial charge is 0.459 e. The van der Waals surface area contributed by atoms with Gasteiger partial charge in [0.1, 0.15) is 23.3 Å². The molecule has 2 heterocycles. The summed E-state index contributed by atoms with van der Waals surface area (Å²) in [4.78, 5) is 6.28. The summed E-state index contributed by atoms with van der Waals surface area (Å²) < 4.78 is 10.8. The third-order valence-corrected chi connectivity index (χ3v) is 3.81. The van der Waals surface area contributed by atoms with Crippen molar-refractivity contribution < 1.29 is 8.94 Å². The number of rotatable bonds is 4. The van der Waals surface area contributed by atoms with Gasteiger partial charge in [-0.15, -0.1) is 24.0 Å². The van der Waals surface area contributed by atoms with Gasteiger partial charge >= 0.3 is 0 Å². The number of hydrogen-bond donors (Lipinski definition) is 1. The van der Waals surface area contributed by atoms with Gasteiger partial charge < -0.3 is 19.2 Å². The fourth-order valence-electron chi connectivity index (χ4n) is 2.57. The van der Waals surface area contributed by atoms with Crippen LogP contribution in [0.2, 0.25) is 0 Å². The summed E-state index contributed by atoms with van der Waals surface area (Å²) in [6.45, 7) is 3.27. The highest BCUT2D eigenvalue weighted by Gasteiger charge is 2.12. The minimum atomic E-state index is 0. The number of aryl methyl sites for hydroxylation is 1. The summed E-state index contributed by atoms with van der Waals surface area (Å²) in [5.74, 6) is 1.69. The van der Waals surface area contributed by atoms with Crippen molar-refractivity contribution in [3.63, 3.8) is 0 Å². The molecule has 0 aliphatic carbocycles. The summed E-state index contributed by atoms with van der Waals surface area (Å²) in [6, 6.07) is 9.90. The minimum Gasteiger partial charge on any atom is -0.459 e. The second-order valence-electron chi connectivity index (χ2n) is 5.39. The number of aliphatic imine (C=N–C) groups is 1. The highest BCUT2D eigenvalue weighted by atomic mass is 127. The minimum absolute atomic E-state index is 0. The van der Waals surface area contributed by atoms with E-state index < -0.39 is 0 Å². The first kappa shape index (κ1) is 18.3. The van der Waals surface area contributed by atoms with E-state index >= 15 is 0 Å². The zero-order chi connectivity index (χ0) is 16.2. The molecule has 3 aromatic rings. The van der Waals surface area contributed by atoms with Crippen molar-refractivity contribution in [1.82, 2.24) is 15.4 Å². The molecule has 0 radical (unpaired) electrons. The summed E-state index contributed by atoms with van der Waals surface area (Å²) >= 11 is 0. The molecule has 128 valence electrons. The van der Waals surface area contributed by atoms with E-state index in [1.807, 2.05) is 36.2 Å². The molecule has 1 aromatic carbocycles. The van der Waals surface area contributed by atoms with E-state index in [9.17, 15) is 0 Å². The van der Waals surface area contributed by atoms with E-state index in [1.54, 1.807) is 13.3 Å². The average Bonchev–Trinajstić information content (AvgIpc) is 3.17. The van der Waals surface area contributed by atoms with Crippen molar-refractivity contribution >= 4 is 40.9 Å². The maximum atomic E-state index is 5.92. The van der Waals surface area contributed by atoms with Gasteiger partial charge in [0.2, 0.25) is 0 Å². The Kier molecular flexibility index (Phi) is 6.24. The maximum absolute atomic E-state index is 5.92. The molecule has 0 saturated heterocycles. The topological polar surface area (TPSA) is 66.8 Å². The first-order valence-electron chi connectivity index (χ1n) is 7.47. The number of furan rings is 1. The van der Waals surface area contributed by atoms with Gasteiger partial charge in [0, 0.05) is 31.1 Å². The predicted molar refractivity (Wildman–Crippen MR) is 105 cm³/mol. The molecule has 3 rings (SSSR count). The van der Waals surface area contributed by atoms with Crippen LogP contribution in [0.3, 0.4) is 0 Å². The quantitative estimate of drug-likeness (QED) is 0.382. The normalized spacial score (nSPS) is 11.4. The number of benzene rings is 1. The van der Waals surface area contributed by atoms with E-state index in [4.69, 9.17) is 8.94 Å². The highest BCUT2D eigenvalue weighted by Crippen LogP contribution is 2.24. The molecule has 7 heteroatoms. The number of nitrogens with zero attached hydrogens (tertiary/aromatic N) is 3. The van der Waals surface area contributed by atoms with Crippen LogP contribution in [0.5, 0.6) is 0 Å². The average molecular weight is 440 g/mol. The molecule has 0 saturated carbocycles. The molecule has 0 spiro atoms. The number of halogens is 1. The van der Waals surface area contributed by atoms with Crippen molar-refractivity contribution in [3.8, 4) is 0 Å². The van der Waals surface area contributed by atoms with Crippen LogP contribution in [0.4, 0.5) is 0 Å². The van der Waals surface area contributed by atoms with Crippen LogP contribution in [0.15, 0.2) is 50.5 Å². The van der Waals surface area contributed by atoms with Gasteiger partial charge in [-0.25, -0.2) is 0 Å². The van der Waals surface area contributed by atoms with Crippen LogP contribution in [0.1, 0.15) is 17.0 Å². The van der Waals surface area contributed by atoms with Gasteiger partial charge in [0.15, 0.2) is 5.96 Å². The van der Waals surface area contributed by atoms with Crippen molar-refractivity contribution in [2.24, 2.45) is 4.99 Å². The molecule has 0 unspecified atom stereocenters. The number of para-hydroxylation sites is 1. The lowest BCUT2D eigenvalue weighted by atomic mass is 10.1. The van der Waals surface area contributed by atoms with Gasteiger partial charge in [-0.2, -0.15) is 0 Å². The Morgan fingerprint density at radius 3 is 2.75 bits per heavy atom. The van der Waals surface area contributed by atoms with Gasteiger partial charge in [0.25, 0.3) is 0 Å². The molecule has 2 aromatic heterocycles. The molecule has 0 fully saturated rings. The Hall–Kier alpha value is -2.03. The van der Waals surface area contributed by atoms with E-state index in [2.05, 4.69) is 28.5 Å². The smallest absolute Gasteiger partial charge is 0.194 e. The SMILES string of the molecule is CN=C(NCc1oc2ccccc2c1C)N(C)Cc1ccon1.I. The number of fused-ring (bicyclic) bond motifs is 1. The second kappa shape index (κ2) is 8.18. The maximum Gasteiger partial charge on any atom is 0.194 e. The summed E-state index contributed by atoms with van der Waals surface area (Å²) in [7, 11) is 3.71. The zero-order valence-corrected chi connectivity index (χ0v) is 16.3. The Balaban J connectivity index is 0.00000208. The van der Waals surface area contributed by atoms with Crippen molar-refractivity contribution in [2.75, 3.05) is 14.1 Å². The molecule has 0 aliphatic heterocycles. The zero-order valence-electron chi connectivity index (χ0n) is 13.9. The Labute approximate surface area is 157 Å². The monoisotopic (exact) mass is 440 g/mol. The predicted octanol–water partition coefficient (Wildman–Crippen LogP) is 3.55. The molecule has 24 heavy (non-hydrogen) atoms. The van der Waals surface area contributed by atoms with Crippen LogP contribution in [-0.4, -0.2) is 30.1 Å². The van der Waals surface area contributed by atoms with E-state index in [0.29, 0.717) is 13.1 Å². The van der Waals surface area contributed by atoms with E-state index in [0.717, 1.165) is 33.9 Å². The van der Waals surface area contributed by atoms with Gasteiger partial charge in [0.05, 0.1) is 13.1 Å². The van der Waals surface area contributed by atoms with Crippen LogP contribution >= 0.6 is 24.0 Å². The van der Waals surface area contributed by atoms with E-state index in [-0.39, 0.29) is 24.0 Å². The summed E-state index contributed by atoms with van der Waals surface area (Å²) in [5, 5.41) is 8.39. The van der Waals surface area contributed by atoms with Gasteiger partial charge in [-0.05, 0) is 13.0 Å². The first-order valence-corrected chi connectivity index (χ1v) is 7.47. The standard InChI is InChI=1S/C17H20N4O2.HI/c1-12-14-6-4-5-7-15(14)23-16(12)10-19-17(18-2)21(3)11-13-8-9-22-20-13;/h4-9H,10-11H2,1-3H3,(H,18,19);1H. The van der Waals surface area contributed by atoms with Crippen molar-refractivity contribution in [1.29, 1.82) is 0 Å². The lowest BCUT2D eigenvalue weighted by Gasteiger charge is -2.20. The first-order chi connectivity index (χ1) is 11.2. The molecule has 0 amide bonds. The second-order valence-corrected chi connectivity index (χ2v) is 5.39.